The first-order valence-corrected chi connectivity index (χ1v) is 4.92. The Hall–Kier alpha value is -1.13. The minimum absolute atomic E-state index is 0.378. The maximum atomic E-state index is 10.2. The van der Waals surface area contributed by atoms with Crippen molar-refractivity contribution < 1.29 is 5.11 Å². The minimum atomic E-state index is -0.652. The lowest BCUT2D eigenvalue weighted by molar-refractivity contribution is 0.0167. The van der Waals surface area contributed by atoms with Crippen molar-refractivity contribution in [3.8, 4) is 0 Å². The Morgan fingerprint density at radius 2 is 2.07 bits per heavy atom. The van der Waals surface area contributed by atoms with Gasteiger partial charge in [0.1, 0.15) is 6.10 Å². The highest BCUT2D eigenvalue weighted by Gasteiger charge is 2.32. The number of aliphatic hydroxyl groups excluding tert-OH is 1. The summed E-state index contributed by atoms with van der Waals surface area (Å²) in [5.74, 6) is 0. The molecule has 0 bridgehead atoms. The fourth-order valence-electron chi connectivity index (χ4n) is 1.27. The van der Waals surface area contributed by atoms with Gasteiger partial charge in [-0.05, 0) is 34.0 Å². The van der Waals surface area contributed by atoms with Gasteiger partial charge in [-0.3, -0.25) is 4.98 Å². The van der Waals surface area contributed by atoms with Gasteiger partial charge < -0.3 is 15.7 Å². The fourth-order valence-corrected chi connectivity index (χ4v) is 1.27. The third kappa shape index (κ3) is 2.27. The van der Waals surface area contributed by atoms with Gasteiger partial charge in [0.15, 0.2) is 0 Å². The Labute approximate surface area is 90.7 Å². The largest absolute Gasteiger partial charge is 0.398 e. The summed E-state index contributed by atoms with van der Waals surface area (Å²) >= 11 is 0. The summed E-state index contributed by atoms with van der Waals surface area (Å²) in [4.78, 5) is 5.94. The number of nitrogen functional groups attached to an aromatic ring is 1. The summed E-state index contributed by atoms with van der Waals surface area (Å²) in [5, 5.41) is 10.2. The van der Waals surface area contributed by atoms with Crippen LogP contribution in [-0.4, -0.2) is 34.6 Å². The molecule has 0 saturated carbocycles. The Kier molecular flexibility index (Phi) is 3.31. The normalized spacial score (nSPS) is 14.3. The topological polar surface area (TPSA) is 62.4 Å². The van der Waals surface area contributed by atoms with Crippen LogP contribution in [-0.2, 0) is 0 Å². The number of likely N-dealkylation sites (N-methyl/N-ethyl adjacent to an activating group) is 1. The summed E-state index contributed by atoms with van der Waals surface area (Å²) in [6.07, 6.45) is 2.58. The molecular formula is C11H19N3O. The van der Waals surface area contributed by atoms with Gasteiger partial charge in [-0.25, -0.2) is 0 Å². The number of nitrogens with zero attached hydrogens (tertiary/aromatic N) is 2. The second kappa shape index (κ2) is 4.16. The van der Waals surface area contributed by atoms with E-state index in [9.17, 15) is 5.11 Å². The molecule has 1 atom stereocenters. The van der Waals surface area contributed by atoms with Gasteiger partial charge in [-0.2, -0.15) is 0 Å². The second-order valence-corrected chi connectivity index (χ2v) is 4.46. The van der Waals surface area contributed by atoms with Crippen molar-refractivity contribution in [2.75, 3.05) is 19.8 Å². The van der Waals surface area contributed by atoms with E-state index in [0.29, 0.717) is 11.3 Å². The average Bonchev–Trinajstić information content (AvgIpc) is 2.17. The van der Waals surface area contributed by atoms with Crippen LogP contribution >= 0.6 is 0 Å². The van der Waals surface area contributed by atoms with E-state index in [1.165, 1.54) is 0 Å². The third-order valence-electron chi connectivity index (χ3n) is 3.00. The number of rotatable bonds is 3. The van der Waals surface area contributed by atoms with Gasteiger partial charge in [-0.15, -0.1) is 0 Å². The second-order valence-electron chi connectivity index (χ2n) is 4.46. The van der Waals surface area contributed by atoms with Crippen LogP contribution in [0.15, 0.2) is 18.5 Å². The quantitative estimate of drug-likeness (QED) is 0.780. The Morgan fingerprint density at radius 1 is 1.47 bits per heavy atom. The first-order valence-electron chi connectivity index (χ1n) is 4.92. The van der Waals surface area contributed by atoms with Crippen LogP contribution in [0.25, 0.3) is 0 Å². The third-order valence-corrected chi connectivity index (χ3v) is 3.00. The lowest BCUT2D eigenvalue weighted by Gasteiger charge is -2.37. The molecule has 1 heterocycles. The number of anilines is 1. The molecule has 0 radical (unpaired) electrons. The highest BCUT2D eigenvalue weighted by atomic mass is 16.3. The summed E-state index contributed by atoms with van der Waals surface area (Å²) < 4.78 is 0. The molecule has 1 aromatic heterocycles. The number of hydrogen-bond donors (Lipinski definition) is 2. The molecular weight excluding hydrogens is 190 g/mol. The molecule has 4 heteroatoms. The molecule has 0 amide bonds. The van der Waals surface area contributed by atoms with Gasteiger partial charge in [0.05, 0.1) is 0 Å². The van der Waals surface area contributed by atoms with E-state index in [2.05, 4.69) is 4.98 Å². The molecule has 1 unspecified atom stereocenters. The molecule has 0 fully saturated rings. The number of pyridine rings is 1. The van der Waals surface area contributed by atoms with Crippen LogP contribution in [0.3, 0.4) is 0 Å². The summed E-state index contributed by atoms with van der Waals surface area (Å²) in [6, 6.07) is 1.70. The predicted molar refractivity (Wildman–Crippen MR) is 61.4 cm³/mol. The molecule has 4 nitrogen and oxygen atoms in total. The number of nitrogens with two attached hydrogens (primary N) is 1. The van der Waals surface area contributed by atoms with Crippen molar-refractivity contribution in [2.45, 2.75) is 25.5 Å². The molecule has 1 rings (SSSR count). The van der Waals surface area contributed by atoms with Gasteiger partial charge in [-0.1, -0.05) is 0 Å². The monoisotopic (exact) mass is 209 g/mol. The van der Waals surface area contributed by atoms with E-state index in [1.807, 2.05) is 32.8 Å². The first-order chi connectivity index (χ1) is 6.87. The molecule has 0 aliphatic heterocycles. The number of aliphatic hydroxyl groups is 1. The molecule has 15 heavy (non-hydrogen) atoms. The van der Waals surface area contributed by atoms with Crippen molar-refractivity contribution in [1.82, 2.24) is 9.88 Å². The maximum absolute atomic E-state index is 10.2. The van der Waals surface area contributed by atoms with Gasteiger partial charge in [0.25, 0.3) is 0 Å². The Balaban J connectivity index is 3.04. The van der Waals surface area contributed by atoms with E-state index in [-0.39, 0.29) is 5.54 Å². The van der Waals surface area contributed by atoms with Crippen LogP contribution in [0.4, 0.5) is 5.69 Å². The van der Waals surface area contributed by atoms with Crippen molar-refractivity contribution in [2.24, 2.45) is 0 Å². The van der Waals surface area contributed by atoms with Crippen LogP contribution in [0.2, 0.25) is 0 Å². The smallest absolute Gasteiger partial charge is 0.100 e. The minimum Gasteiger partial charge on any atom is -0.398 e. The molecule has 84 valence electrons. The summed E-state index contributed by atoms with van der Waals surface area (Å²) in [6.45, 7) is 3.92. The molecule has 0 saturated heterocycles. The van der Waals surface area contributed by atoms with Crippen molar-refractivity contribution in [3.05, 3.63) is 24.0 Å². The molecule has 1 aromatic rings. The lowest BCUT2D eigenvalue weighted by Crippen LogP contribution is -2.44. The highest BCUT2D eigenvalue weighted by Crippen LogP contribution is 2.31. The lowest BCUT2D eigenvalue weighted by atomic mass is 9.90. The maximum Gasteiger partial charge on any atom is 0.100 e. The molecule has 3 N–H and O–H groups in total. The summed E-state index contributed by atoms with van der Waals surface area (Å²) in [7, 11) is 3.85. The zero-order valence-electron chi connectivity index (χ0n) is 9.73. The van der Waals surface area contributed by atoms with Crippen molar-refractivity contribution in [1.29, 1.82) is 0 Å². The molecule has 0 aliphatic carbocycles. The van der Waals surface area contributed by atoms with E-state index in [0.717, 1.165) is 0 Å². The van der Waals surface area contributed by atoms with Crippen LogP contribution in [0.5, 0.6) is 0 Å². The van der Waals surface area contributed by atoms with E-state index < -0.39 is 6.10 Å². The Bertz CT molecular complexity index is 336. The van der Waals surface area contributed by atoms with Crippen molar-refractivity contribution >= 4 is 5.69 Å². The van der Waals surface area contributed by atoms with Gasteiger partial charge in [0, 0.05) is 29.2 Å². The van der Waals surface area contributed by atoms with Crippen LogP contribution in [0, 0.1) is 0 Å². The zero-order valence-corrected chi connectivity index (χ0v) is 9.73. The van der Waals surface area contributed by atoms with E-state index >= 15 is 0 Å². The van der Waals surface area contributed by atoms with Crippen LogP contribution < -0.4 is 5.73 Å². The van der Waals surface area contributed by atoms with E-state index in [4.69, 9.17) is 5.73 Å². The van der Waals surface area contributed by atoms with E-state index in [1.54, 1.807) is 18.5 Å². The Morgan fingerprint density at radius 3 is 2.53 bits per heavy atom. The summed E-state index contributed by atoms with van der Waals surface area (Å²) in [5.41, 5.74) is 6.68. The SMILES string of the molecule is CN(C)C(C)(C)C(O)c1cnccc1N. The number of hydrogen-bond acceptors (Lipinski definition) is 4. The predicted octanol–water partition coefficient (Wildman–Crippen LogP) is 1.04. The van der Waals surface area contributed by atoms with Gasteiger partial charge in [0.2, 0.25) is 0 Å². The highest BCUT2D eigenvalue weighted by molar-refractivity contribution is 5.46. The van der Waals surface area contributed by atoms with Gasteiger partial charge >= 0.3 is 0 Å². The average molecular weight is 209 g/mol. The molecule has 0 spiro atoms. The van der Waals surface area contributed by atoms with Crippen molar-refractivity contribution in [3.63, 3.8) is 0 Å². The molecule has 0 aliphatic rings. The molecule has 0 aromatic carbocycles. The fraction of sp³-hybridized carbons (Fsp3) is 0.545. The standard InChI is InChI=1S/C11H19N3O/c1-11(2,14(3)4)10(15)8-7-13-6-5-9(8)12/h5-7,10,15H,1-4H3,(H2,12,13). The van der Waals surface area contributed by atoms with Crippen LogP contribution in [0.1, 0.15) is 25.5 Å². The number of aromatic nitrogens is 1. The zero-order chi connectivity index (χ0) is 11.6. The first kappa shape index (κ1) is 11.9.